The van der Waals surface area contributed by atoms with Crippen LogP contribution in [0.25, 0.3) is 0 Å². The normalized spacial score (nSPS) is 14.4. The number of methoxy groups -OCH3 is 1. The molecule has 0 aliphatic heterocycles. The second-order valence-corrected chi connectivity index (χ2v) is 5.62. The van der Waals surface area contributed by atoms with Crippen LogP contribution in [0.3, 0.4) is 0 Å². The lowest BCUT2D eigenvalue weighted by Crippen LogP contribution is -2.33. The molecule has 1 atom stereocenters. The molecule has 0 aromatic carbocycles. The maximum absolute atomic E-state index is 5.42. The van der Waals surface area contributed by atoms with Gasteiger partial charge in [-0.25, -0.2) is 0 Å². The van der Waals surface area contributed by atoms with Crippen LogP contribution >= 0.6 is 0 Å². The zero-order valence-corrected chi connectivity index (χ0v) is 12.1. The summed E-state index contributed by atoms with van der Waals surface area (Å²) in [7, 11) is 1.80. The van der Waals surface area contributed by atoms with Gasteiger partial charge in [-0.15, -0.1) is 0 Å². The minimum Gasteiger partial charge on any atom is -0.379 e. The first-order valence-corrected chi connectivity index (χ1v) is 6.71. The lowest BCUT2D eigenvalue weighted by molar-refractivity contribution is 0.0132. The number of nitrogens with one attached hydrogen (secondary N) is 1. The lowest BCUT2D eigenvalue weighted by atomic mass is 9.95. The first kappa shape index (κ1) is 15.9. The molecule has 1 unspecified atom stereocenters. The van der Waals surface area contributed by atoms with E-state index in [-0.39, 0.29) is 5.60 Å². The second-order valence-electron chi connectivity index (χ2n) is 5.62. The van der Waals surface area contributed by atoms with Gasteiger partial charge in [0.1, 0.15) is 0 Å². The van der Waals surface area contributed by atoms with Crippen molar-refractivity contribution in [2.24, 2.45) is 5.92 Å². The molecule has 0 heterocycles. The van der Waals surface area contributed by atoms with Crippen molar-refractivity contribution in [3.8, 4) is 0 Å². The van der Waals surface area contributed by atoms with Crippen LogP contribution < -0.4 is 5.32 Å². The number of unbranched alkanes of at least 4 members (excludes halogenated alkanes) is 1. The zero-order valence-electron chi connectivity index (χ0n) is 12.1. The fourth-order valence-corrected chi connectivity index (χ4v) is 1.95. The van der Waals surface area contributed by atoms with Gasteiger partial charge in [-0.1, -0.05) is 33.6 Å². The van der Waals surface area contributed by atoms with Crippen molar-refractivity contribution in [2.45, 2.75) is 71.9 Å². The summed E-state index contributed by atoms with van der Waals surface area (Å²) in [6.07, 6.45) is 4.99. The second kappa shape index (κ2) is 8.08. The summed E-state index contributed by atoms with van der Waals surface area (Å²) in [4.78, 5) is 0. The van der Waals surface area contributed by atoms with Gasteiger partial charge >= 0.3 is 0 Å². The van der Waals surface area contributed by atoms with E-state index >= 15 is 0 Å². The van der Waals surface area contributed by atoms with E-state index < -0.39 is 0 Å². The third-order valence-corrected chi connectivity index (χ3v) is 3.37. The molecule has 98 valence electrons. The average molecular weight is 229 g/mol. The summed E-state index contributed by atoms with van der Waals surface area (Å²) < 4.78 is 5.42. The molecule has 0 spiro atoms. The van der Waals surface area contributed by atoms with Gasteiger partial charge in [-0.3, -0.25) is 0 Å². The SMILES string of the molecule is CCNC(CCCCC(C)(C)OC)C(C)C. The van der Waals surface area contributed by atoms with Crippen molar-refractivity contribution in [2.75, 3.05) is 13.7 Å². The summed E-state index contributed by atoms with van der Waals surface area (Å²) in [5, 5.41) is 3.56. The predicted octanol–water partition coefficient (Wildman–Crippen LogP) is 3.61. The molecular weight excluding hydrogens is 198 g/mol. The Morgan fingerprint density at radius 1 is 1.19 bits per heavy atom. The van der Waals surface area contributed by atoms with Crippen LogP contribution in [-0.4, -0.2) is 25.3 Å². The fourth-order valence-electron chi connectivity index (χ4n) is 1.95. The first-order valence-electron chi connectivity index (χ1n) is 6.71. The molecule has 0 rings (SSSR count). The molecule has 0 aliphatic carbocycles. The van der Waals surface area contributed by atoms with Crippen molar-refractivity contribution in [3.05, 3.63) is 0 Å². The molecule has 0 bridgehead atoms. The highest BCUT2D eigenvalue weighted by Gasteiger charge is 2.16. The summed E-state index contributed by atoms with van der Waals surface area (Å²) >= 11 is 0. The topological polar surface area (TPSA) is 21.3 Å². The molecule has 1 N–H and O–H groups in total. The lowest BCUT2D eigenvalue weighted by Gasteiger charge is -2.24. The van der Waals surface area contributed by atoms with E-state index in [0.717, 1.165) is 18.9 Å². The van der Waals surface area contributed by atoms with E-state index in [1.807, 2.05) is 0 Å². The van der Waals surface area contributed by atoms with E-state index in [9.17, 15) is 0 Å². The highest BCUT2D eigenvalue weighted by molar-refractivity contribution is 4.72. The molecule has 0 aliphatic rings. The number of hydrogen-bond donors (Lipinski definition) is 1. The number of ether oxygens (including phenoxy) is 1. The number of hydrogen-bond acceptors (Lipinski definition) is 2. The molecule has 2 nitrogen and oxygen atoms in total. The van der Waals surface area contributed by atoms with E-state index in [0.29, 0.717) is 6.04 Å². The Labute approximate surface area is 102 Å². The third kappa shape index (κ3) is 7.24. The van der Waals surface area contributed by atoms with Crippen LogP contribution in [0.4, 0.5) is 0 Å². The van der Waals surface area contributed by atoms with Crippen molar-refractivity contribution in [3.63, 3.8) is 0 Å². The van der Waals surface area contributed by atoms with Crippen molar-refractivity contribution in [1.29, 1.82) is 0 Å². The standard InChI is InChI=1S/C14H31NO/c1-7-15-13(12(2)3)10-8-9-11-14(4,5)16-6/h12-13,15H,7-11H2,1-6H3. The largest absolute Gasteiger partial charge is 0.379 e. The van der Waals surface area contributed by atoms with Gasteiger partial charge in [0.15, 0.2) is 0 Å². The van der Waals surface area contributed by atoms with Crippen LogP contribution in [0.1, 0.15) is 60.3 Å². The molecular formula is C14H31NO. The predicted molar refractivity (Wildman–Crippen MR) is 71.9 cm³/mol. The van der Waals surface area contributed by atoms with Gasteiger partial charge in [0.05, 0.1) is 5.60 Å². The minimum absolute atomic E-state index is 0.0471. The molecule has 16 heavy (non-hydrogen) atoms. The maximum Gasteiger partial charge on any atom is 0.0622 e. The van der Waals surface area contributed by atoms with Gasteiger partial charge in [0.25, 0.3) is 0 Å². The van der Waals surface area contributed by atoms with E-state index in [1.165, 1.54) is 19.3 Å². The van der Waals surface area contributed by atoms with E-state index in [2.05, 4.69) is 39.9 Å². The quantitative estimate of drug-likeness (QED) is 0.610. The van der Waals surface area contributed by atoms with Gasteiger partial charge in [-0.05, 0) is 39.2 Å². The summed E-state index contributed by atoms with van der Waals surface area (Å²) in [6.45, 7) is 12.2. The van der Waals surface area contributed by atoms with Crippen LogP contribution in [0.2, 0.25) is 0 Å². The smallest absolute Gasteiger partial charge is 0.0622 e. The molecule has 0 saturated carbocycles. The Morgan fingerprint density at radius 3 is 2.25 bits per heavy atom. The van der Waals surface area contributed by atoms with Gasteiger partial charge < -0.3 is 10.1 Å². The zero-order chi connectivity index (χ0) is 12.6. The molecule has 0 amide bonds. The monoisotopic (exact) mass is 229 g/mol. The third-order valence-electron chi connectivity index (χ3n) is 3.37. The van der Waals surface area contributed by atoms with Crippen LogP contribution in [-0.2, 0) is 4.74 Å². The maximum atomic E-state index is 5.42. The Morgan fingerprint density at radius 2 is 1.81 bits per heavy atom. The molecule has 0 aromatic heterocycles. The Bertz CT molecular complexity index is 166. The Kier molecular flexibility index (Phi) is 8.04. The van der Waals surface area contributed by atoms with Crippen LogP contribution in [0.5, 0.6) is 0 Å². The minimum atomic E-state index is 0.0471. The highest BCUT2D eigenvalue weighted by Crippen LogP contribution is 2.19. The van der Waals surface area contributed by atoms with Gasteiger partial charge in [-0.2, -0.15) is 0 Å². The van der Waals surface area contributed by atoms with Crippen LogP contribution in [0.15, 0.2) is 0 Å². The van der Waals surface area contributed by atoms with Gasteiger partial charge in [0, 0.05) is 13.2 Å². The molecule has 0 radical (unpaired) electrons. The van der Waals surface area contributed by atoms with Crippen molar-refractivity contribution in [1.82, 2.24) is 5.32 Å². The van der Waals surface area contributed by atoms with Crippen LogP contribution in [0, 0.1) is 5.92 Å². The molecule has 2 heteroatoms. The van der Waals surface area contributed by atoms with Crippen molar-refractivity contribution < 1.29 is 4.74 Å². The average Bonchev–Trinajstić information content (AvgIpc) is 2.22. The molecule has 0 fully saturated rings. The molecule has 0 saturated heterocycles. The summed E-state index contributed by atoms with van der Waals surface area (Å²) in [5.74, 6) is 0.732. The summed E-state index contributed by atoms with van der Waals surface area (Å²) in [5.41, 5.74) is 0.0471. The Balaban J connectivity index is 3.70. The first-order chi connectivity index (χ1) is 7.43. The van der Waals surface area contributed by atoms with Crippen molar-refractivity contribution >= 4 is 0 Å². The number of rotatable bonds is 9. The Hall–Kier alpha value is -0.0800. The van der Waals surface area contributed by atoms with E-state index in [1.54, 1.807) is 7.11 Å². The fraction of sp³-hybridized carbons (Fsp3) is 1.00. The van der Waals surface area contributed by atoms with E-state index in [4.69, 9.17) is 4.74 Å². The van der Waals surface area contributed by atoms with Gasteiger partial charge in [0.2, 0.25) is 0 Å². The summed E-state index contributed by atoms with van der Waals surface area (Å²) in [6, 6.07) is 0.677. The molecule has 0 aromatic rings. The highest BCUT2D eigenvalue weighted by atomic mass is 16.5.